The first-order valence-electron chi connectivity index (χ1n) is 13.7. The normalized spacial score (nSPS) is 17.4. The van der Waals surface area contributed by atoms with Crippen LogP contribution in [0.15, 0.2) is 91.0 Å². The molecule has 7 heteroatoms. The number of carboxylic acids is 1. The molecule has 0 radical (unpaired) electrons. The van der Waals surface area contributed by atoms with Crippen LogP contribution in [0.25, 0.3) is 11.1 Å². The molecule has 1 saturated carbocycles. The SMILES string of the molecule is O=C(O)c1cccc(-c2ccc(CNC(=O)[C@H]3C[C@@H]3c3ccccc3)c3c2CCN(C(=O)c2ccccc2F)C3)c1. The largest absolute Gasteiger partial charge is 0.478 e. The van der Waals surface area contributed by atoms with Crippen molar-refractivity contribution < 1.29 is 23.9 Å². The van der Waals surface area contributed by atoms with Crippen molar-refractivity contribution in [2.24, 2.45) is 5.92 Å². The minimum atomic E-state index is -1.00. The average Bonchev–Trinajstić information content (AvgIpc) is 3.81. The number of benzene rings is 4. The highest BCUT2D eigenvalue weighted by Gasteiger charge is 2.43. The first kappa shape index (κ1) is 26.4. The van der Waals surface area contributed by atoms with Crippen molar-refractivity contribution >= 4 is 17.8 Å². The van der Waals surface area contributed by atoms with Crippen LogP contribution in [0.1, 0.15) is 55.3 Å². The van der Waals surface area contributed by atoms with Crippen molar-refractivity contribution in [2.75, 3.05) is 6.54 Å². The fraction of sp³-hybridized carbons (Fsp3) is 0.206. The van der Waals surface area contributed by atoms with Gasteiger partial charge in [0.25, 0.3) is 5.91 Å². The molecule has 1 fully saturated rings. The van der Waals surface area contributed by atoms with Gasteiger partial charge in [-0.1, -0.05) is 66.7 Å². The third-order valence-corrected chi connectivity index (χ3v) is 8.13. The fourth-order valence-electron chi connectivity index (χ4n) is 5.84. The maximum atomic E-state index is 14.5. The van der Waals surface area contributed by atoms with E-state index in [1.54, 1.807) is 35.2 Å². The smallest absolute Gasteiger partial charge is 0.335 e. The van der Waals surface area contributed by atoms with Crippen LogP contribution in [-0.2, 0) is 24.3 Å². The lowest BCUT2D eigenvalue weighted by atomic mass is 9.87. The van der Waals surface area contributed by atoms with Crippen molar-refractivity contribution in [3.63, 3.8) is 0 Å². The number of nitrogens with one attached hydrogen (secondary N) is 1. The van der Waals surface area contributed by atoms with E-state index in [0.29, 0.717) is 19.5 Å². The van der Waals surface area contributed by atoms with Gasteiger partial charge < -0.3 is 15.3 Å². The lowest BCUT2D eigenvalue weighted by Gasteiger charge is -2.32. The Labute approximate surface area is 237 Å². The molecular formula is C34H29FN2O4. The molecule has 2 atom stereocenters. The standard InChI is InChI=1S/C34H29FN2O4/c35-31-12-5-4-11-27(31)33(39)37-16-15-26-25(22-9-6-10-23(17-22)34(40)41)14-13-24(30(26)20-37)19-36-32(38)29-18-28(29)21-7-2-1-3-8-21/h1-14,17,28-29H,15-16,18-20H2,(H,36,38)(H,40,41)/t28-,29+/m1/s1. The highest BCUT2D eigenvalue weighted by molar-refractivity contribution is 5.95. The minimum absolute atomic E-state index is 0.000868. The van der Waals surface area contributed by atoms with Crippen LogP contribution >= 0.6 is 0 Å². The van der Waals surface area contributed by atoms with E-state index < -0.39 is 11.8 Å². The number of nitrogens with zero attached hydrogens (tertiary/aromatic N) is 1. The van der Waals surface area contributed by atoms with Gasteiger partial charge in [0.2, 0.25) is 5.91 Å². The van der Waals surface area contributed by atoms with Gasteiger partial charge in [-0.25, -0.2) is 9.18 Å². The Morgan fingerprint density at radius 1 is 0.902 bits per heavy atom. The second kappa shape index (κ2) is 11.0. The Kier molecular flexibility index (Phi) is 7.10. The van der Waals surface area contributed by atoms with Crippen LogP contribution in [-0.4, -0.2) is 34.3 Å². The first-order chi connectivity index (χ1) is 19.9. The van der Waals surface area contributed by atoms with Crippen molar-refractivity contribution in [2.45, 2.75) is 31.8 Å². The third-order valence-electron chi connectivity index (χ3n) is 8.13. The van der Waals surface area contributed by atoms with Crippen molar-refractivity contribution in [1.29, 1.82) is 0 Å². The van der Waals surface area contributed by atoms with Gasteiger partial charge in [-0.2, -0.15) is 0 Å². The van der Waals surface area contributed by atoms with E-state index in [0.717, 1.165) is 34.2 Å². The van der Waals surface area contributed by atoms with Gasteiger partial charge in [-0.05, 0) is 76.4 Å². The number of rotatable bonds is 7. The molecule has 0 saturated heterocycles. The number of aromatic carboxylic acids is 1. The van der Waals surface area contributed by atoms with Gasteiger partial charge in [0.15, 0.2) is 0 Å². The Morgan fingerprint density at radius 3 is 2.46 bits per heavy atom. The molecule has 2 aliphatic rings. The van der Waals surface area contributed by atoms with Crippen LogP contribution in [0.5, 0.6) is 0 Å². The number of carboxylic acid groups (broad SMARTS) is 1. The summed E-state index contributed by atoms with van der Waals surface area (Å²) in [5, 5.41) is 12.6. The molecule has 4 aromatic carbocycles. The zero-order chi connectivity index (χ0) is 28.5. The Bertz CT molecular complexity index is 1650. The Balaban J connectivity index is 1.29. The summed E-state index contributed by atoms with van der Waals surface area (Å²) >= 11 is 0. The zero-order valence-corrected chi connectivity index (χ0v) is 22.3. The maximum absolute atomic E-state index is 14.5. The van der Waals surface area contributed by atoms with Gasteiger partial charge in [0, 0.05) is 25.6 Å². The molecule has 0 aromatic heterocycles. The highest BCUT2D eigenvalue weighted by Crippen LogP contribution is 2.47. The van der Waals surface area contributed by atoms with Crippen molar-refractivity contribution in [3.05, 3.63) is 130 Å². The summed E-state index contributed by atoms with van der Waals surface area (Å²) in [6.07, 6.45) is 1.33. The summed E-state index contributed by atoms with van der Waals surface area (Å²) < 4.78 is 14.5. The number of halogens is 1. The fourth-order valence-corrected chi connectivity index (χ4v) is 5.84. The summed E-state index contributed by atoms with van der Waals surface area (Å²) in [6.45, 7) is 0.953. The van der Waals surface area contributed by atoms with Crippen LogP contribution in [0.2, 0.25) is 0 Å². The molecule has 4 aromatic rings. The maximum Gasteiger partial charge on any atom is 0.335 e. The van der Waals surface area contributed by atoms with E-state index >= 15 is 0 Å². The van der Waals surface area contributed by atoms with Crippen LogP contribution in [0.4, 0.5) is 4.39 Å². The van der Waals surface area contributed by atoms with E-state index in [-0.39, 0.29) is 41.3 Å². The topological polar surface area (TPSA) is 86.7 Å². The number of fused-ring (bicyclic) bond motifs is 1. The monoisotopic (exact) mass is 548 g/mol. The van der Waals surface area contributed by atoms with Gasteiger partial charge in [-0.15, -0.1) is 0 Å². The molecule has 0 bridgehead atoms. The minimum Gasteiger partial charge on any atom is -0.478 e. The van der Waals surface area contributed by atoms with Crippen LogP contribution in [0, 0.1) is 11.7 Å². The van der Waals surface area contributed by atoms with Gasteiger partial charge >= 0.3 is 5.97 Å². The first-order valence-corrected chi connectivity index (χ1v) is 13.7. The average molecular weight is 549 g/mol. The molecule has 0 unspecified atom stereocenters. The summed E-state index contributed by atoms with van der Waals surface area (Å²) in [6, 6.07) is 26.7. The quantitative estimate of drug-likeness (QED) is 0.305. The molecule has 2 amide bonds. The second-order valence-electron chi connectivity index (χ2n) is 10.6. The van der Waals surface area contributed by atoms with Gasteiger partial charge in [0.1, 0.15) is 5.82 Å². The predicted molar refractivity (Wildman–Crippen MR) is 153 cm³/mol. The molecule has 6 rings (SSSR count). The van der Waals surface area contributed by atoms with E-state index in [4.69, 9.17) is 0 Å². The van der Waals surface area contributed by atoms with Gasteiger partial charge in [-0.3, -0.25) is 9.59 Å². The molecule has 6 nitrogen and oxygen atoms in total. The number of carbonyl (C=O) groups excluding carboxylic acids is 2. The third kappa shape index (κ3) is 5.35. The molecule has 0 spiro atoms. The number of hydrogen-bond donors (Lipinski definition) is 2. The molecule has 2 N–H and O–H groups in total. The number of hydrogen-bond acceptors (Lipinski definition) is 3. The van der Waals surface area contributed by atoms with Gasteiger partial charge in [0.05, 0.1) is 11.1 Å². The lowest BCUT2D eigenvalue weighted by Crippen LogP contribution is -2.37. The number of amides is 2. The molecule has 1 aliphatic carbocycles. The Hall–Kier alpha value is -4.78. The van der Waals surface area contributed by atoms with Crippen LogP contribution in [0.3, 0.4) is 0 Å². The van der Waals surface area contributed by atoms with Crippen LogP contribution < -0.4 is 5.32 Å². The Morgan fingerprint density at radius 2 is 1.68 bits per heavy atom. The molecule has 206 valence electrons. The zero-order valence-electron chi connectivity index (χ0n) is 22.3. The second-order valence-corrected chi connectivity index (χ2v) is 10.6. The summed E-state index contributed by atoms with van der Waals surface area (Å²) in [7, 11) is 0. The summed E-state index contributed by atoms with van der Waals surface area (Å²) in [5.74, 6) is -1.79. The predicted octanol–water partition coefficient (Wildman–Crippen LogP) is 5.81. The van der Waals surface area contributed by atoms with Crippen molar-refractivity contribution in [3.8, 4) is 11.1 Å². The molecular weight excluding hydrogens is 519 g/mol. The van der Waals surface area contributed by atoms with E-state index in [2.05, 4.69) is 5.32 Å². The number of carbonyl (C=O) groups is 3. The summed E-state index contributed by atoms with van der Waals surface area (Å²) in [5.41, 5.74) is 5.83. The molecule has 41 heavy (non-hydrogen) atoms. The summed E-state index contributed by atoms with van der Waals surface area (Å²) in [4.78, 5) is 39.6. The van der Waals surface area contributed by atoms with Crippen molar-refractivity contribution in [1.82, 2.24) is 10.2 Å². The molecule has 1 aliphatic heterocycles. The highest BCUT2D eigenvalue weighted by atomic mass is 19.1. The van der Waals surface area contributed by atoms with E-state index in [1.807, 2.05) is 48.5 Å². The molecule has 1 heterocycles. The lowest BCUT2D eigenvalue weighted by molar-refractivity contribution is -0.122. The van der Waals surface area contributed by atoms with E-state index in [9.17, 15) is 23.9 Å². The van der Waals surface area contributed by atoms with E-state index in [1.165, 1.54) is 17.7 Å².